The summed E-state index contributed by atoms with van der Waals surface area (Å²) in [5, 5.41) is 0. The predicted octanol–water partition coefficient (Wildman–Crippen LogP) is 18.1. The SMILES string of the molecule is CCCC[N+](CC)(CCC)CCOC(=O)C1CC2CCC1C2.CCC[N+](CC)(CCC)CCOC(=O)C12CC3CC(CC(C3)C1)C2.CCC[N+](CC)(CCC)CCOC(=O)C1CC2CCC1C2.CC[N+](CC)(CC)CCOC(=O)C12CC3CC(CC(C3)C1)C2.C[N+](C)(C)CCOC(=O)C12CC3CC(CC(C3)C1)C2. The molecule has 0 aromatic heterocycles. The molecule has 0 saturated heterocycles. The van der Waals surface area contributed by atoms with Gasteiger partial charge in [0.2, 0.25) is 0 Å². The topological polar surface area (TPSA) is 132 Å². The van der Waals surface area contributed by atoms with Crippen LogP contribution in [0.2, 0.25) is 0 Å². The summed E-state index contributed by atoms with van der Waals surface area (Å²) < 4.78 is 34.0. The summed E-state index contributed by atoms with van der Waals surface area (Å²) in [7, 11) is 6.41. The number of hydrogen-bond donors (Lipinski definition) is 0. The summed E-state index contributed by atoms with van der Waals surface area (Å²) >= 11 is 0. The van der Waals surface area contributed by atoms with E-state index in [1.54, 1.807) is 0 Å². The molecule has 16 aliphatic rings. The van der Waals surface area contributed by atoms with Crippen molar-refractivity contribution in [3.05, 3.63) is 0 Å². The van der Waals surface area contributed by atoms with Crippen molar-refractivity contribution in [3.8, 4) is 0 Å². The number of carbonyl (C=O) groups excluding carboxylic acids is 5. The Bertz CT molecular complexity index is 2650. The molecule has 7 unspecified atom stereocenters. The number of hydrogen-bond acceptors (Lipinski definition) is 10. The van der Waals surface area contributed by atoms with E-state index < -0.39 is 0 Å². The molecule has 0 amide bonds. The maximum absolute atomic E-state index is 13.0. The molecule has 622 valence electrons. The molecular weight excluding hydrogens is 1350 g/mol. The molecule has 16 rings (SSSR count). The van der Waals surface area contributed by atoms with E-state index in [9.17, 15) is 24.0 Å². The smallest absolute Gasteiger partial charge is 0.312 e. The summed E-state index contributed by atoms with van der Waals surface area (Å²) in [5.74, 6) is 11.3. The number of likely N-dealkylation sites (N-methyl/N-ethyl adjacent to an activating group) is 5. The van der Waals surface area contributed by atoms with Gasteiger partial charge in [0.15, 0.2) is 0 Å². The Hall–Kier alpha value is -2.85. The van der Waals surface area contributed by atoms with Crippen LogP contribution in [0.15, 0.2) is 0 Å². The normalized spacial score (nSPS) is 33.7. The van der Waals surface area contributed by atoms with Gasteiger partial charge in [-0.2, -0.15) is 0 Å². The highest BCUT2D eigenvalue weighted by Gasteiger charge is 2.59. The largest absolute Gasteiger partial charge is 0.459 e. The molecule has 0 aromatic carbocycles. The average Bonchev–Trinajstić information content (AvgIpc) is 1.03. The Morgan fingerprint density at radius 1 is 0.269 bits per heavy atom. The summed E-state index contributed by atoms with van der Waals surface area (Å²) in [5.41, 5.74) is -0.263. The zero-order valence-corrected chi connectivity index (χ0v) is 72.9. The molecule has 16 fully saturated rings. The summed E-state index contributed by atoms with van der Waals surface area (Å²) in [6.07, 6.45) is 41.0. The first-order valence-corrected chi connectivity index (χ1v) is 46.8. The number of fused-ring (bicyclic) bond motifs is 4. The quantitative estimate of drug-likeness (QED) is 0.0333. The van der Waals surface area contributed by atoms with Gasteiger partial charge in [-0.3, -0.25) is 24.0 Å². The van der Waals surface area contributed by atoms with Crippen LogP contribution in [0.3, 0.4) is 0 Å². The fraction of sp³-hybridized carbons (Fsp3) is 0.946. The molecule has 15 nitrogen and oxygen atoms in total. The molecule has 16 bridgehead atoms. The zero-order chi connectivity index (χ0) is 78.0. The highest BCUT2D eigenvalue weighted by molar-refractivity contribution is 5.79. The van der Waals surface area contributed by atoms with Crippen molar-refractivity contribution in [3.63, 3.8) is 0 Å². The lowest BCUT2D eigenvalue weighted by Crippen LogP contribution is -2.53. The van der Waals surface area contributed by atoms with Gasteiger partial charge in [0.1, 0.15) is 65.8 Å². The van der Waals surface area contributed by atoms with Crippen LogP contribution in [0, 0.1) is 105 Å². The van der Waals surface area contributed by atoms with Crippen molar-refractivity contribution >= 4 is 29.8 Å². The Balaban J connectivity index is 0.000000156. The highest BCUT2D eigenvalue weighted by atomic mass is 16.6. The highest BCUT2D eigenvalue weighted by Crippen LogP contribution is 2.63. The maximum Gasteiger partial charge on any atom is 0.312 e. The molecule has 16 aliphatic carbocycles. The lowest BCUT2D eigenvalue weighted by Gasteiger charge is -2.55. The second-order valence-electron chi connectivity index (χ2n) is 40.8. The van der Waals surface area contributed by atoms with E-state index in [1.165, 1.54) is 181 Å². The maximum atomic E-state index is 13.0. The third-order valence-corrected chi connectivity index (χ3v) is 32.2. The molecule has 0 radical (unpaired) electrons. The van der Waals surface area contributed by atoms with Crippen LogP contribution in [0.1, 0.15) is 295 Å². The summed E-state index contributed by atoms with van der Waals surface area (Å²) in [4.78, 5) is 63.0. The second kappa shape index (κ2) is 40.6. The fourth-order valence-electron chi connectivity index (χ4n) is 27.0. The summed E-state index contributed by atoms with van der Waals surface area (Å²) in [6, 6.07) is 0. The van der Waals surface area contributed by atoms with Crippen LogP contribution >= 0.6 is 0 Å². The van der Waals surface area contributed by atoms with Crippen molar-refractivity contribution in [2.24, 2.45) is 105 Å². The van der Waals surface area contributed by atoms with Crippen LogP contribution in [0.25, 0.3) is 0 Å². The Labute approximate surface area is 661 Å². The molecule has 0 N–H and O–H groups in total. The zero-order valence-electron chi connectivity index (χ0n) is 72.9. The van der Waals surface area contributed by atoms with E-state index in [1.807, 2.05) is 0 Å². The fourth-order valence-corrected chi connectivity index (χ4v) is 27.0. The van der Waals surface area contributed by atoms with Gasteiger partial charge in [0.25, 0.3) is 0 Å². The van der Waals surface area contributed by atoms with E-state index in [0.29, 0.717) is 44.9 Å². The van der Waals surface area contributed by atoms with Crippen molar-refractivity contribution < 1.29 is 70.1 Å². The number of unbranched alkanes of at least 4 members (excludes halogenated alkanes) is 1. The van der Waals surface area contributed by atoms with Gasteiger partial charge in [0, 0.05) is 0 Å². The predicted molar refractivity (Wildman–Crippen MR) is 437 cm³/mol. The van der Waals surface area contributed by atoms with E-state index in [4.69, 9.17) is 23.7 Å². The molecule has 0 aliphatic heterocycles. The van der Waals surface area contributed by atoms with E-state index >= 15 is 0 Å². The van der Waals surface area contributed by atoms with Crippen molar-refractivity contribution in [2.45, 2.75) is 295 Å². The average molecular weight is 1520 g/mol. The first-order chi connectivity index (χ1) is 51.7. The second-order valence-corrected chi connectivity index (χ2v) is 40.8. The number of carbonyl (C=O) groups is 5. The van der Waals surface area contributed by atoms with Gasteiger partial charge in [0.05, 0.1) is 128 Å². The van der Waals surface area contributed by atoms with Gasteiger partial charge in [-0.15, -0.1) is 0 Å². The van der Waals surface area contributed by atoms with E-state index in [0.717, 1.165) is 230 Å². The van der Waals surface area contributed by atoms with E-state index in [-0.39, 0.29) is 57.9 Å². The first-order valence-electron chi connectivity index (χ1n) is 46.8. The van der Waals surface area contributed by atoms with Crippen LogP contribution in [-0.2, 0) is 47.7 Å². The standard InChI is InChI=1S/C21H38NO2.C19H34NO2.C19H36NO2.C18H34NO2.C16H28NO2/c1-4-7-22(6-3,8-5-2)9-10-24-20(23)21-14-17-11-18(15-21)13-19(12-17)16-21;1-4-20(5-2,6-3)7-8-22-18(21)19-12-15-9-16(13-19)11-17(10-15)14-19;1-4-7-11-20(6-3,10-5-2)12-13-22-19(21)18-15-16-8-9-17(18)14-16;1-4-9-19(6-3,10-5-2)11-12-21-18(20)17-14-15-7-8-16(17)13-15;1-17(2,3)4-5-19-15(18)16-9-12-6-13(10-16)8-14(7-12)11-16/h17-19H,4-16H2,1-3H3;15-17H,4-14H2,1-3H3;16-18H,4-15H2,1-3H3;15-17H,4-14H2,1-3H3;12-14H,4-11H2,1-3H3/q5*+1. The molecule has 15 heteroatoms. The lowest BCUT2D eigenvalue weighted by atomic mass is 9.49. The Kier molecular flexibility index (Phi) is 33.5. The minimum Gasteiger partial charge on any atom is -0.459 e. The van der Waals surface area contributed by atoms with Gasteiger partial charge < -0.3 is 46.1 Å². The molecule has 0 spiro atoms. The summed E-state index contributed by atoms with van der Waals surface area (Å²) in [6.45, 7) is 49.1. The van der Waals surface area contributed by atoms with Crippen LogP contribution in [0.4, 0.5) is 0 Å². The monoisotopic (exact) mass is 1520 g/mol. The number of rotatable bonds is 39. The van der Waals surface area contributed by atoms with Gasteiger partial charge in [-0.05, 0) is 311 Å². The minimum absolute atomic E-state index is 0.0837. The van der Waals surface area contributed by atoms with E-state index in [2.05, 4.69) is 104 Å². The Morgan fingerprint density at radius 2 is 0.519 bits per heavy atom. The van der Waals surface area contributed by atoms with Gasteiger partial charge in [-0.25, -0.2) is 0 Å². The van der Waals surface area contributed by atoms with Crippen molar-refractivity contribution in [1.82, 2.24) is 0 Å². The minimum atomic E-state index is -0.0911. The molecule has 7 atom stereocenters. The molecule has 108 heavy (non-hydrogen) atoms. The number of nitrogens with zero attached hydrogens (tertiary/aromatic N) is 5. The number of ether oxygens (including phenoxy) is 5. The van der Waals surface area contributed by atoms with Crippen molar-refractivity contribution in [2.75, 3.05) is 165 Å². The molecular formula is C93H170N5O10+5. The third-order valence-electron chi connectivity index (χ3n) is 32.2. The Morgan fingerprint density at radius 3 is 0.741 bits per heavy atom. The van der Waals surface area contributed by atoms with Gasteiger partial charge in [-0.1, -0.05) is 60.8 Å². The molecule has 16 saturated carbocycles. The molecule has 0 aromatic rings. The first kappa shape index (κ1) is 89.1. The number of esters is 5. The van der Waals surface area contributed by atoms with Crippen molar-refractivity contribution in [1.29, 1.82) is 0 Å². The lowest BCUT2D eigenvalue weighted by molar-refractivity contribution is -0.927. The van der Waals surface area contributed by atoms with Crippen LogP contribution < -0.4 is 0 Å². The van der Waals surface area contributed by atoms with Crippen LogP contribution in [0.5, 0.6) is 0 Å². The molecule has 0 heterocycles. The van der Waals surface area contributed by atoms with Gasteiger partial charge >= 0.3 is 29.8 Å². The number of quaternary nitrogens is 5. The third kappa shape index (κ3) is 23.0. The van der Waals surface area contributed by atoms with Crippen LogP contribution in [-0.4, -0.2) is 218 Å².